The fraction of sp³-hybridized carbons (Fsp3) is 0.647. The molecule has 0 unspecified atom stereocenters. The number of aryl methyl sites for hydroxylation is 2. The van der Waals surface area contributed by atoms with E-state index in [2.05, 4.69) is 15.5 Å². The third-order valence-electron chi connectivity index (χ3n) is 5.48. The van der Waals surface area contributed by atoms with E-state index in [1.807, 2.05) is 19.9 Å². The summed E-state index contributed by atoms with van der Waals surface area (Å²) in [5.74, 6) is 2.63. The van der Waals surface area contributed by atoms with Crippen molar-refractivity contribution in [2.75, 3.05) is 13.2 Å². The predicted octanol–water partition coefficient (Wildman–Crippen LogP) is 1.97. The molecule has 0 amide bonds. The van der Waals surface area contributed by atoms with Crippen LogP contribution in [-0.4, -0.2) is 40.7 Å². The molecule has 1 aliphatic heterocycles. The van der Waals surface area contributed by atoms with Gasteiger partial charge in [-0.2, -0.15) is 0 Å². The number of aliphatic hydroxyl groups is 1. The Bertz CT molecular complexity index is 717. The molecule has 1 aliphatic carbocycles. The fourth-order valence-electron chi connectivity index (χ4n) is 3.97. The SMILES string of the molecule is Cc1cc(-c2nnc(CN[C@@H]3C[C@@H](O)C34CCOCC4)o2)c(C)o1. The first-order valence-electron chi connectivity index (χ1n) is 8.47. The molecule has 24 heavy (non-hydrogen) atoms. The fourth-order valence-corrected chi connectivity index (χ4v) is 3.97. The van der Waals surface area contributed by atoms with E-state index >= 15 is 0 Å². The molecule has 0 aromatic carbocycles. The van der Waals surface area contributed by atoms with Gasteiger partial charge in [-0.05, 0) is 39.2 Å². The highest BCUT2D eigenvalue weighted by molar-refractivity contribution is 5.55. The van der Waals surface area contributed by atoms with Crippen molar-refractivity contribution in [3.05, 3.63) is 23.5 Å². The Morgan fingerprint density at radius 1 is 1.25 bits per heavy atom. The van der Waals surface area contributed by atoms with Gasteiger partial charge in [0, 0.05) is 24.7 Å². The number of aromatic nitrogens is 2. The summed E-state index contributed by atoms with van der Waals surface area (Å²) in [5.41, 5.74) is 0.783. The van der Waals surface area contributed by atoms with E-state index in [0.29, 0.717) is 18.3 Å². The molecule has 4 rings (SSSR count). The molecule has 1 saturated carbocycles. The normalized spacial score (nSPS) is 25.8. The topological polar surface area (TPSA) is 93.6 Å². The smallest absolute Gasteiger partial charge is 0.251 e. The van der Waals surface area contributed by atoms with Gasteiger partial charge in [0.15, 0.2) is 0 Å². The molecule has 2 aromatic rings. The van der Waals surface area contributed by atoms with Crippen LogP contribution in [-0.2, 0) is 11.3 Å². The van der Waals surface area contributed by atoms with Crippen LogP contribution in [0.5, 0.6) is 0 Å². The Morgan fingerprint density at radius 2 is 2.04 bits per heavy atom. The van der Waals surface area contributed by atoms with Gasteiger partial charge in [-0.3, -0.25) is 0 Å². The van der Waals surface area contributed by atoms with Crippen molar-refractivity contribution in [3.63, 3.8) is 0 Å². The van der Waals surface area contributed by atoms with Crippen LogP contribution in [0.15, 0.2) is 14.9 Å². The number of hydrogen-bond acceptors (Lipinski definition) is 7. The summed E-state index contributed by atoms with van der Waals surface area (Å²) in [4.78, 5) is 0. The van der Waals surface area contributed by atoms with E-state index in [-0.39, 0.29) is 17.6 Å². The molecule has 7 heteroatoms. The summed E-state index contributed by atoms with van der Waals surface area (Å²) in [6, 6.07) is 2.17. The average molecular weight is 333 g/mol. The lowest BCUT2D eigenvalue weighted by atomic mass is 9.58. The van der Waals surface area contributed by atoms with E-state index in [9.17, 15) is 5.11 Å². The largest absolute Gasteiger partial charge is 0.466 e. The van der Waals surface area contributed by atoms with E-state index < -0.39 is 0 Å². The van der Waals surface area contributed by atoms with Crippen LogP contribution in [0.25, 0.3) is 11.5 Å². The van der Waals surface area contributed by atoms with Crippen LogP contribution in [0.2, 0.25) is 0 Å². The second-order valence-electron chi connectivity index (χ2n) is 6.86. The van der Waals surface area contributed by atoms with E-state index in [1.165, 1.54) is 0 Å². The van der Waals surface area contributed by atoms with E-state index in [0.717, 1.165) is 49.6 Å². The Kier molecular flexibility index (Phi) is 3.94. The summed E-state index contributed by atoms with van der Waals surface area (Å²) < 4.78 is 16.7. The molecule has 2 N–H and O–H groups in total. The minimum absolute atomic E-state index is 0.0562. The van der Waals surface area contributed by atoms with Gasteiger partial charge in [0.25, 0.3) is 5.89 Å². The zero-order valence-electron chi connectivity index (χ0n) is 14.0. The third kappa shape index (κ3) is 2.56. The van der Waals surface area contributed by atoms with Gasteiger partial charge in [-0.15, -0.1) is 10.2 Å². The van der Waals surface area contributed by atoms with Gasteiger partial charge in [0.05, 0.1) is 18.2 Å². The quantitative estimate of drug-likeness (QED) is 0.883. The van der Waals surface area contributed by atoms with Gasteiger partial charge >= 0.3 is 0 Å². The molecule has 1 spiro atoms. The zero-order valence-corrected chi connectivity index (χ0v) is 14.0. The van der Waals surface area contributed by atoms with E-state index in [1.54, 1.807) is 0 Å². The Morgan fingerprint density at radius 3 is 2.71 bits per heavy atom. The first-order chi connectivity index (χ1) is 11.6. The molecule has 1 saturated heterocycles. The van der Waals surface area contributed by atoms with Crippen LogP contribution >= 0.6 is 0 Å². The maximum Gasteiger partial charge on any atom is 0.251 e. The zero-order chi connectivity index (χ0) is 16.7. The maximum absolute atomic E-state index is 10.2. The first-order valence-corrected chi connectivity index (χ1v) is 8.47. The van der Waals surface area contributed by atoms with Crippen molar-refractivity contribution in [3.8, 4) is 11.5 Å². The van der Waals surface area contributed by atoms with Crippen molar-refractivity contribution in [2.24, 2.45) is 5.41 Å². The number of rotatable bonds is 4. The number of furan rings is 1. The summed E-state index contributed by atoms with van der Waals surface area (Å²) in [7, 11) is 0. The summed E-state index contributed by atoms with van der Waals surface area (Å²) >= 11 is 0. The molecule has 2 fully saturated rings. The molecular weight excluding hydrogens is 310 g/mol. The third-order valence-corrected chi connectivity index (χ3v) is 5.48. The van der Waals surface area contributed by atoms with Crippen molar-refractivity contribution < 1.29 is 18.7 Å². The van der Waals surface area contributed by atoms with Crippen LogP contribution < -0.4 is 5.32 Å². The van der Waals surface area contributed by atoms with Crippen molar-refractivity contribution >= 4 is 0 Å². The van der Waals surface area contributed by atoms with Gasteiger partial charge in [-0.1, -0.05) is 0 Å². The summed E-state index contributed by atoms with van der Waals surface area (Å²) in [6.07, 6.45) is 2.32. The van der Waals surface area contributed by atoms with Crippen molar-refractivity contribution in [1.82, 2.24) is 15.5 Å². The molecule has 0 bridgehead atoms. The summed E-state index contributed by atoms with van der Waals surface area (Å²) in [6.45, 7) is 5.72. The standard InChI is InChI=1S/C17H23N3O4/c1-10-7-12(11(2)23-10)16-20-19-15(24-16)9-18-13-8-14(21)17(13)3-5-22-6-4-17/h7,13-14,18,21H,3-6,8-9H2,1-2H3/t13-,14-/m1/s1. The molecule has 3 heterocycles. The van der Waals surface area contributed by atoms with Gasteiger partial charge in [0.1, 0.15) is 11.5 Å². The first kappa shape index (κ1) is 15.8. The lowest BCUT2D eigenvalue weighted by Gasteiger charge is -2.55. The molecule has 130 valence electrons. The minimum atomic E-state index is -0.242. The number of hydrogen-bond donors (Lipinski definition) is 2. The van der Waals surface area contributed by atoms with Crippen molar-refractivity contribution in [2.45, 2.75) is 51.8 Å². The molecule has 7 nitrogen and oxygen atoms in total. The number of nitrogens with zero attached hydrogens (tertiary/aromatic N) is 2. The lowest BCUT2D eigenvalue weighted by molar-refractivity contribution is -0.149. The monoisotopic (exact) mass is 333 g/mol. The summed E-state index contributed by atoms with van der Waals surface area (Å²) in [5, 5.41) is 21.9. The van der Waals surface area contributed by atoms with Crippen molar-refractivity contribution in [1.29, 1.82) is 0 Å². The highest BCUT2D eigenvalue weighted by Crippen LogP contribution is 2.49. The highest BCUT2D eigenvalue weighted by Gasteiger charge is 2.54. The van der Waals surface area contributed by atoms with Gasteiger partial charge < -0.3 is 24.0 Å². The Labute approximate surface area is 140 Å². The van der Waals surface area contributed by atoms with Crippen LogP contribution in [0.3, 0.4) is 0 Å². The average Bonchev–Trinajstić information content (AvgIpc) is 3.18. The minimum Gasteiger partial charge on any atom is -0.466 e. The maximum atomic E-state index is 10.2. The van der Waals surface area contributed by atoms with Crippen LogP contribution in [0, 0.1) is 19.3 Å². The molecule has 2 aromatic heterocycles. The highest BCUT2D eigenvalue weighted by atomic mass is 16.5. The number of aliphatic hydroxyl groups excluding tert-OH is 1. The van der Waals surface area contributed by atoms with Gasteiger partial charge in [-0.25, -0.2) is 0 Å². The van der Waals surface area contributed by atoms with E-state index in [4.69, 9.17) is 13.6 Å². The Balaban J connectivity index is 1.41. The number of ether oxygens (including phenoxy) is 1. The second kappa shape index (κ2) is 5.98. The Hall–Kier alpha value is -1.70. The molecule has 2 atom stereocenters. The number of nitrogens with one attached hydrogen (secondary N) is 1. The molecule has 0 radical (unpaired) electrons. The van der Waals surface area contributed by atoms with Crippen LogP contribution in [0.4, 0.5) is 0 Å². The second-order valence-corrected chi connectivity index (χ2v) is 6.86. The lowest BCUT2D eigenvalue weighted by Crippen LogP contribution is -2.64. The predicted molar refractivity (Wildman–Crippen MR) is 85.2 cm³/mol. The van der Waals surface area contributed by atoms with Crippen LogP contribution in [0.1, 0.15) is 36.7 Å². The molecule has 2 aliphatic rings. The molecular formula is C17H23N3O4. The van der Waals surface area contributed by atoms with Gasteiger partial charge in [0.2, 0.25) is 5.89 Å².